The van der Waals surface area contributed by atoms with Gasteiger partial charge in [0.1, 0.15) is 11.9 Å². The molecule has 5 nitrogen and oxygen atoms in total. The summed E-state index contributed by atoms with van der Waals surface area (Å²) in [6, 6.07) is 10.3. The second-order valence-electron chi connectivity index (χ2n) is 6.64. The van der Waals surface area contributed by atoms with Crippen LogP contribution in [0, 0.1) is 5.82 Å². The minimum Gasteiger partial charge on any atom is -0.478 e. The van der Waals surface area contributed by atoms with Gasteiger partial charge in [-0.1, -0.05) is 24.3 Å². The number of ether oxygens (including phenoxy) is 1. The zero-order valence-electron chi connectivity index (χ0n) is 14.1. The van der Waals surface area contributed by atoms with Gasteiger partial charge in [0.05, 0.1) is 12.2 Å². The van der Waals surface area contributed by atoms with Gasteiger partial charge in [0, 0.05) is 19.5 Å². The van der Waals surface area contributed by atoms with E-state index in [2.05, 4.69) is 0 Å². The molecule has 2 aliphatic rings. The van der Waals surface area contributed by atoms with Gasteiger partial charge in [0.2, 0.25) is 0 Å². The number of amides is 1. The molecule has 4 rings (SSSR count). The average molecular weight is 355 g/mol. The third-order valence-electron chi connectivity index (χ3n) is 5.14. The van der Waals surface area contributed by atoms with Crippen molar-refractivity contribution < 1.29 is 23.8 Å². The smallest absolute Gasteiger partial charge is 0.336 e. The molecule has 1 amide bonds. The zero-order valence-corrected chi connectivity index (χ0v) is 14.1. The lowest BCUT2D eigenvalue weighted by molar-refractivity contribution is -0.146. The van der Waals surface area contributed by atoms with E-state index in [-0.39, 0.29) is 18.0 Å². The largest absolute Gasteiger partial charge is 0.478 e. The summed E-state index contributed by atoms with van der Waals surface area (Å²) in [5.74, 6) is -1.70. The molecule has 1 atom stereocenters. The maximum Gasteiger partial charge on any atom is 0.336 e. The number of rotatable bonds is 2. The van der Waals surface area contributed by atoms with Gasteiger partial charge in [0.15, 0.2) is 0 Å². The Hall–Kier alpha value is -2.73. The van der Waals surface area contributed by atoms with Crippen molar-refractivity contribution in [2.45, 2.75) is 32.1 Å². The number of halogens is 1. The Kier molecular flexibility index (Phi) is 4.20. The topological polar surface area (TPSA) is 66.8 Å². The lowest BCUT2D eigenvalue weighted by Gasteiger charge is -2.34. The number of carboxylic acid groups (broad SMARTS) is 1. The van der Waals surface area contributed by atoms with Gasteiger partial charge in [-0.25, -0.2) is 9.18 Å². The fraction of sp³-hybridized carbons (Fsp3) is 0.300. The van der Waals surface area contributed by atoms with E-state index in [1.54, 1.807) is 4.90 Å². The van der Waals surface area contributed by atoms with Crippen molar-refractivity contribution in [3.8, 4) is 0 Å². The van der Waals surface area contributed by atoms with Gasteiger partial charge < -0.3 is 14.7 Å². The highest BCUT2D eigenvalue weighted by Gasteiger charge is 2.33. The third kappa shape index (κ3) is 2.86. The van der Waals surface area contributed by atoms with Crippen LogP contribution in [0.25, 0.3) is 0 Å². The molecule has 1 N–H and O–H groups in total. The highest BCUT2D eigenvalue weighted by atomic mass is 19.1. The molecule has 26 heavy (non-hydrogen) atoms. The van der Waals surface area contributed by atoms with Crippen molar-refractivity contribution in [1.29, 1.82) is 0 Å². The first kappa shape index (κ1) is 16.7. The van der Waals surface area contributed by atoms with Crippen molar-refractivity contribution in [2.24, 2.45) is 0 Å². The highest BCUT2D eigenvalue weighted by molar-refractivity contribution is 5.90. The Morgan fingerprint density at radius 3 is 2.65 bits per heavy atom. The summed E-state index contributed by atoms with van der Waals surface area (Å²) < 4.78 is 19.8. The monoisotopic (exact) mass is 355 g/mol. The fourth-order valence-electron chi connectivity index (χ4n) is 3.73. The summed E-state index contributed by atoms with van der Waals surface area (Å²) in [5.41, 5.74) is 2.99. The van der Waals surface area contributed by atoms with Gasteiger partial charge in [-0.05, 0) is 40.8 Å². The Balaban J connectivity index is 1.57. The van der Waals surface area contributed by atoms with Gasteiger partial charge >= 0.3 is 5.97 Å². The normalized spacial score (nSPS) is 18.8. The molecule has 0 bridgehead atoms. The van der Waals surface area contributed by atoms with Gasteiger partial charge in [-0.2, -0.15) is 0 Å². The van der Waals surface area contributed by atoms with Crippen LogP contribution < -0.4 is 0 Å². The first-order chi connectivity index (χ1) is 12.5. The van der Waals surface area contributed by atoms with E-state index in [0.29, 0.717) is 37.1 Å². The molecule has 0 saturated carbocycles. The van der Waals surface area contributed by atoms with E-state index in [1.165, 1.54) is 12.1 Å². The number of carbonyl (C=O) groups is 2. The van der Waals surface area contributed by atoms with Crippen molar-refractivity contribution in [1.82, 2.24) is 4.90 Å². The Labute approximate surface area is 150 Å². The maximum atomic E-state index is 14.0. The van der Waals surface area contributed by atoms with Crippen LogP contribution in [0.5, 0.6) is 0 Å². The summed E-state index contributed by atoms with van der Waals surface area (Å²) in [5, 5.41) is 9.36. The highest BCUT2D eigenvalue weighted by Crippen LogP contribution is 2.28. The lowest BCUT2D eigenvalue weighted by atomic mass is 9.93. The molecule has 2 aliphatic heterocycles. The van der Waals surface area contributed by atoms with Crippen LogP contribution >= 0.6 is 0 Å². The number of nitrogens with zero attached hydrogens (tertiary/aromatic N) is 1. The number of aromatic carboxylic acids is 1. The first-order valence-electron chi connectivity index (χ1n) is 8.55. The predicted molar refractivity (Wildman–Crippen MR) is 91.2 cm³/mol. The van der Waals surface area contributed by atoms with Crippen LogP contribution in [0.15, 0.2) is 36.4 Å². The number of hydrogen-bond donors (Lipinski definition) is 1. The number of carboxylic acids is 1. The standard InChI is InChI=1S/C20H18FNO4/c21-17-6-5-15(20(24)25)16-10-22(8-7-14(16)17)19(23)18-9-12-3-1-2-4-13(12)11-26-18/h1-6,18H,7-11H2,(H,24,25). The number of hydrogen-bond acceptors (Lipinski definition) is 3. The van der Waals surface area contributed by atoms with E-state index >= 15 is 0 Å². The lowest BCUT2D eigenvalue weighted by Crippen LogP contribution is -2.45. The Morgan fingerprint density at radius 1 is 1.12 bits per heavy atom. The van der Waals surface area contributed by atoms with E-state index in [0.717, 1.165) is 11.1 Å². The molecule has 0 aromatic heterocycles. The van der Waals surface area contributed by atoms with Crippen molar-refractivity contribution in [3.63, 3.8) is 0 Å². The molecule has 134 valence electrons. The molecular formula is C20H18FNO4. The second-order valence-corrected chi connectivity index (χ2v) is 6.64. The van der Waals surface area contributed by atoms with E-state index in [1.807, 2.05) is 24.3 Å². The summed E-state index contributed by atoms with van der Waals surface area (Å²) >= 11 is 0. The van der Waals surface area contributed by atoms with E-state index in [4.69, 9.17) is 4.74 Å². The first-order valence-corrected chi connectivity index (χ1v) is 8.55. The zero-order chi connectivity index (χ0) is 18.3. The minimum absolute atomic E-state index is 0.0498. The van der Waals surface area contributed by atoms with Crippen molar-refractivity contribution in [2.75, 3.05) is 6.54 Å². The molecule has 2 aromatic carbocycles. The van der Waals surface area contributed by atoms with E-state index in [9.17, 15) is 19.1 Å². The molecule has 1 unspecified atom stereocenters. The second kappa shape index (κ2) is 6.53. The SMILES string of the molecule is O=C(O)c1ccc(F)c2c1CN(C(=O)C1Cc3ccccc3CO1)CC2. The van der Waals surface area contributed by atoms with Crippen LogP contribution in [-0.4, -0.2) is 34.5 Å². The molecule has 0 spiro atoms. The maximum absolute atomic E-state index is 14.0. The summed E-state index contributed by atoms with van der Waals surface area (Å²) in [7, 11) is 0. The number of benzene rings is 2. The minimum atomic E-state index is -1.11. The van der Waals surface area contributed by atoms with Gasteiger partial charge in [-0.15, -0.1) is 0 Å². The molecule has 0 radical (unpaired) electrons. The van der Waals surface area contributed by atoms with Crippen molar-refractivity contribution in [3.05, 3.63) is 70.0 Å². The molecule has 6 heteroatoms. The van der Waals surface area contributed by atoms with E-state index < -0.39 is 17.9 Å². The number of fused-ring (bicyclic) bond motifs is 2. The van der Waals surface area contributed by atoms with Gasteiger partial charge in [0.25, 0.3) is 5.91 Å². The van der Waals surface area contributed by atoms with Crippen LogP contribution in [0.2, 0.25) is 0 Å². The quantitative estimate of drug-likeness (QED) is 0.899. The molecule has 0 saturated heterocycles. The third-order valence-corrected chi connectivity index (χ3v) is 5.14. The molecule has 2 heterocycles. The molecule has 2 aromatic rings. The van der Waals surface area contributed by atoms with Crippen LogP contribution in [-0.2, 0) is 35.5 Å². The van der Waals surface area contributed by atoms with Crippen LogP contribution in [0.1, 0.15) is 32.6 Å². The van der Waals surface area contributed by atoms with Gasteiger partial charge in [-0.3, -0.25) is 4.79 Å². The van der Waals surface area contributed by atoms with Crippen LogP contribution in [0.4, 0.5) is 4.39 Å². The predicted octanol–water partition coefficient (Wildman–Crippen LogP) is 2.55. The molecular weight excluding hydrogens is 337 g/mol. The summed E-state index contributed by atoms with van der Waals surface area (Å²) in [4.78, 5) is 25.9. The van der Waals surface area contributed by atoms with Crippen LogP contribution in [0.3, 0.4) is 0 Å². The number of carbonyl (C=O) groups excluding carboxylic acids is 1. The molecule has 0 fully saturated rings. The Morgan fingerprint density at radius 2 is 1.88 bits per heavy atom. The Bertz CT molecular complexity index is 895. The molecule has 0 aliphatic carbocycles. The summed E-state index contributed by atoms with van der Waals surface area (Å²) in [6.45, 7) is 0.828. The van der Waals surface area contributed by atoms with Crippen molar-refractivity contribution >= 4 is 11.9 Å². The summed E-state index contributed by atoms with van der Waals surface area (Å²) in [6.07, 6.45) is 0.207. The average Bonchev–Trinajstić information content (AvgIpc) is 2.66. The fourth-order valence-corrected chi connectivity index (χ4v) is 3.73.